The molecule has 2 aromatic rings. The topological polar surface area (TPSA) is 52.3 Å². The highest BCUT2D eigenvalue weighted by Crippen LogP contribution is 2.66. The molecule has 1 saturated carbocycles. The third-order valence-electron chi connectivity index (χ3n) is 7.49. The zero-order valence-electron chi connectivity index (χ0n) is 19.2. The second-order valence-electron chi connectivity index (χ2n) is 9.30. The molecule has 1 amide bonds. The Kier molecular flexibility index (Phi) is 6.83. The lowest BCUT2D eigenvalue weighted by Crippen LogP contribution is -2.32. The number of primary amides is 1. The van der Waals surface area contributed by atoms with E-state index >= 15 is 0 Å². The number of allylic oxidation sites excluding steroid dienone is 3. The molecule has 2 aliphatic carbocycles. The smallest absolute Gasteiger partial charge is 0.404 e. The number of carbonyl (C=O) groups excluding carboxylic acids is 1. The minimum atomic E-state index is -0.672. The largest absolute Gasteiger partial charge is 0.446 e. The Morgan fingerprint density at radius 3 is 2.41 bits per heavy atom. The van der Waals surface area contributed by atoms with Gasteiger partial charge in [-0.2, -0.15) is 0 Å². The number of hydrogen-bond acceptors (Lipinski definition) is 2. The van der Waals surface area contributed by atoms with Crippen molar-refractivity contribution in [3.63, 3.8) is 0 Å². The lowest BCUT2D eigenvalue weighted by molar-refractivity contribution is 0.0763. The highest BCUT2D eigenvalue weighted by molar-refractivity contribution is 5.90. The van der Waals surface area contributed by atoms with Crippen molar-refractivity contribution >= 4 is 17.2 Å². The van der Waals surface area contributed by atoms with Crippen molar-refractivity contribution in [3.8, 4) is 0 Å². The number of rotatable bonds is 9. The van der Waals surface area contributed by atoms with Crippen LogP contribution in [-0.2, 0) is 4.74 Å². The van der Waals surface area contributed by atoms with Crippen LogP contribution in [0.5, 0.6) is 0 Å². The van der Waals surface area contributed by atoms with Crippen LogP contribution in [0, 0.1) is 11.3 Å². The van der Waals surface area contributed by atoms with Gasteiger partial charge >= 0.3 is 6.09 Å². The summed E-state index contributed by atoms with van der Waals surface area (Å²) in [6.07, 6.45) is 7.89. The molecule has 0 unspecified atom stereocenters. The molecule has 0 radical (unpaired) electrons. The summed E-state index contributed by atoms with van der Waals surface area (Å²) in [7, 11) is 0. The first kappa shape index (κ1) is 22.4. The molecular formula is C29H35NO2. The Morgan fingerprint density at radius 1 is 1.06 bits per heavy atom. The van der Waals surface area contributed by atoms with Crippen molar-refractivity contribution < 1.29 is 9.53 Å². The molecule has 0 heterocycles. The van der Waals surface area contributed by atoms with E-state index in [1.54, 1.807) is 0 Å². The summed E-state index contributed by atoms with van der Waals surface area (Å²) in [5, 5.41) is 0. The maximum atomic E-state index is 11.7. The van der Waals surface area contributed by atoms with E-state index in [-0.39, 0.29) is 17.4 Å². The third kappa shape index (κ3) is 4.13. The molecule has 168 valence electrons. The van der Waals surface area contributed by atoms with E-state index < -0.39 is 6.09 Å². The molecule has 0 spiro atoms. The maximum Gasteiger partial charge on any atom is 0.404 e. The van der Waals surface area contributed by atoms with Gasteiger partial charge in [-0.3, -0.25) is 0 Å². The fraction of sp³-hybridized carbons (Fsp3) is 0.414. The van der Waals surface area contributed by atoms with Crippen molar-refractivity contribution in [3.05, 3.63) is 83.9 Å². The number of unbranched alkanes of at least 4 members (excludes halogenated alkanes) is 3. The fourth-order valence-electron chi connectivity index (χ4n) is 6.14. The first-order valence-electron chi connectivity index (χ1n) is 12.1. The van der Waals surface area contributed by atoms with E-state index in [0.717, 1.165) is 36.8 Å². The van der Waals surface area contributed by atoms with Gasteiger partial charge in [0.1, 0.15) is 6.10 Å². The average molecular weight is 430 g/mol. The Hall–Kier alpha value is -2.81. The van der Waals surface area contributed by atoms with E-state index in [1.807, 2.05) is 6.07 Å². The van der Waals surface area contributed by atoms with E-state index in [2.05, 4.69) is 68.1 Å². The van der Waals surface area contributed by atoms with Crippen molar-refractivity contribution in [2.45, 2.75) is 64.4 Å². The van der Waals surface area contributed by atoms with Crippen LogP contribution < -0.4 is 5.73 Å². The fourth-order valence-corrected chi connectivity index (χ4v) is 6.14. The van der Waals surface area contributed by atoms with Crippen LogP contribution in [0.4, 0.5) is 4.79 Å². The van der Waals surface area contributed by atoms with Crippen molar-refractivity contribution in [1.29, 1.82) is 0 Å². The zero-order chi connectivity index (χ0) is 22.6. The summed E-state index contributed by atoms with van der Waals surface area (Å²) in [6, 6.07) is 21.3. The summed E-state index contributed by atoms with van der Waals surface area (Å²) in [5.74, 6) is 0.180. The minimum absolute atomic E-state index is 0.167. The first-order valence-corrected chi connectivity index (χ1v) is 12.1. The van der Waals surface area contributed by atoms with Gasteiger partial charge in [-0.1, -0.05) is 99.0 Å². The highest BCUT2D eigenvalue weighted by Gasteiger charge is 2.58. The second kappa shape index (κ2) is 9.77. The van der Waals surface area contributed by atoms with Crippen LogP contribution in [0.1, 0.15) is 69.4 Å². The average Bonchev–Trinajstić information content (AvgIpc) is 3.32. The molecule has 3 heteroatoms. The van der Waals surface area contributed by atoms with Gasteiger partial charge in [0.15, 0.2) is 0 Å². The molecule has 3 atom stereocenters. The molecule has 0 aliphatic heterocycles. The number of hydrogen-bond donors (Lipinski definition) is 1. The van der Waals surface area contributed by atoms with Gasteiger partial charge in [0.05, 0.1) is 0 Å². The van der Waals surface area contributed by atoms with Gasteiger partial charge in [0, 0.05) is 11.3 Å². The SMILES string of the molecule is C=C(c1ccccc1)[C@@]12CC[C@H](OC(N)=O)[C@@H]1CC(CCCCCC)=C2c1ccccc1. The lowest BCUT2D eigenvalue weighted by Gasteiger charge is -2.37. The standard InChI is InChI=1S/C29H35NO2/c1-3-4-5-8-17-24-20-25-26(32-28(30)31)18-19-29(25,21(2)22-13-9-6-10-14-22)27(24)23-15-11-7-12-16-23/h6-7,9-16,25-26H,2-5,8,17-20H2,1H3,(H2,30,31)/t25-,26-,29-/m0/s1. The highest BCUT2D eigenvalue weighted by atomic mass is 16.6. The summed E-state index contributed by atoms with van der Waals surface area (Å²) >= 11 is 0. The van der Waals surface area contributed by atoms with Gasteiger partial charge < -0.3 is 10.5 Å². The van der Waals surface area contributed by atoms with Gasteiger partial charge in [-0.25, -0.2) is 4.79 Å². The number of carbonyl (C=O) groups is 1. The van der Waals surface area contributed by atoms with Gasteiger partial charge in [0.2, 0.25) is 0 Å². The van der Waals surface area contributed by atoms with E-state index in [4.69, 9.17) is 10.5 Å². The van der Waals surface area contributed by atoms with Gasteiger partial charge in [0.25, 0.3) is 0 Å². The molecule has 2 aromatic carbocycles. The van der Waals surface area contributed by atoms with E-state index in [1.165, 1.54) is 42.4 Å². The molecule has 3 nitrogen and oxygen atoms in total. The predicted octanol–water partition coefficient (Wildman–Crippen LogP) is 7.39. The molecule has 1 fully saturated rings. The van der Waals surface area contributed by atoms with Crippen LogP contribution in [0.25, 0.3) is 11.1 Å². The van der Waals surface area contributed by atoms with Crippen LogP contribution in [0.3, 0.4) is 0 Å². The van der Waals surface area contributed by atoms with Crippen LogP contribution >= 0.6 is 0 Å². The van der Waals surface area contributed by atoms with Crippen molar-refractivity contribution in [2.24, 2.45) is 17.1 Å². The number of fused-ring (bicyclic) bond motifs is 1. The zero-order valence-corrected chi connectivity index (χ0v) is 19.2. The summed E-state index contributed by atoms with van der Waals surface area (Å²) in [5.41, 5.74) is 11.8. The van der Waals surface area contributed by atoms with Crippen LogP contribution in [0.15, 0.2) is 72.8 Å². The van der Waals surface area contributed by atoms with Crippen molar-refractivity contribution in [1.82, 2.24) is 0 Å². The molecule has 32 heavy (non-hydrogen) atoms. The summed E-state index contributed by atoms with van der Waals surface area (Å²) < 4.78 is 5.68. The minimum Gasteiger partial charge on any atom is -0.446 e. The van der Waals surface area contributed by atoms with Crippen LogP contribution in [-0.4, -0.2) is 12.2 Å². The maximum absolute atomic E-state index is 11.7. The van der Waals surface area contributed by atoms with Gasteiger partial charge in [-0.15, -0.1) is 0 Å². The number of nitrogens with two attached hydrogens (primary N) is 1. The molecule has 0 bridgehead atoms. The van der Waals surface area contributed by atoms with Gasteiger partial charge in [-0.05, 0) is 54.4 Å². The number of amides is 1. The molecular weight excluding hydrogens is 394 g/mol. The summed E-state index contributed by atoms with van der Waals surface area (Å²) in [4.78, 5) is 11.7. The van der Waals surface area contributed by atoms with Crippen LogP contribution in [0.2, 0.25) is 0 Å². The Balaban J connectivity index is 1.81. The number of ether oxygens (including phenoxy) is 1. The predicted molar refractivity (Wildman–Crippen MR) is 132 cm³/mol. The number of benzene rings is 2. The molecule has 0 saturated heterocycles. The first-order chi connectivity index (χ1) is 15.6. The molecule has 2 aliphatic rings. The Morgan fingerprint density at radius 2 is 1.75 bits per heavy atom. The molecule has 2 N–H and O–H groups in total. The molecule has 4 rings (SSSR count). The molecule has 0 aromatic heterocycles. The Bertz CT molecular complexity index is 979. The third-order valence-corrected chi connectivity index (χ3v) is 7.49. The summed E-state index contributed by atoms with van der Waals surface area (Å²) in [6.45, 7) is 6.92. The lowest BCUT2D eigenvalue weighted by atomic mass is 9.66. The Labute approximate surface area is 192 Å². The monoisotopic (exact) mass is 429 g/mol. The van der Waals surface area contributed by atoms with Crippen molar-refractivity contribution in [2.75, 3.05) is 0 Å². The quantitative estimate of drug-likeness (QED) is 0.423. The second-order valence-corrected chi connectivity index (χ2v) is 9.30. The van der Waals surface area contributed by atoms with E-state index in [9.17, 15) is 4.79 Å². The normalized spacial score (nSPS) is 24.4. The van der Waals surface area contributed by atoms with E-state index in [0.29, 0.717) is 0 Å².